The van der Waals surface area contributed by atoms with Gasteiger partial charge in [-0.1, -0.05) is 13.8 Å². The van der Waals surface area contributed by atoms with Crippen LogP contribution in [0.15, 0.2) is 5.57 Å². The van der Waals surface area contributed by atoms with Crippen molar-refractivity contribution in [2.45, 2.75) is 59.2 Å². The summed E-state index contributed by atoms with van der Waals surface area (Å²) in [5.74, 6) is -0.324. The molecule has 1 aromatic rings. The fraction of sp³-hybridized carbons (Fsp3) is 0.636. The summed E-state index contributed by atoms with van der Waals surface area (Å²) >= 11 is 0. The van der Waals surface area contributed by atoms with Crippen molar-refractivity contribution in [3.8, 4) is 0 Å². The van der Waals surface area contributed by atoms with Gasteiger partial charge in [0, 0.05) is 42.0 Å². The highest BCUT2D eigenvalue weighted by molar-refractivity contribution is 6.02. The van der Waals surface area contributed by atoms with E-state index in [4.69, 9.17) is 0 Å². The monoisotopic (exact) mass is 404 g/mol. The van der Waals surface area contributed by atoms with Crippen LogP contribution in [0, 0.1) is 19.8 Å². The van der Waals surface area contributed by atoms with E-state index >= 15 is 0 Å². The average molecular weight is 405 g/mol. The number of amides is 2. The Bertz CT molecular complexity index is 797. The smallest absolute Gasteiger partial charge is 0.253 e. The molecule has 2 fully saturated rings. The molecule has 160 valence electrons. The van der Waals surface area contributed by atoms with Crippen molar-refractivity contribution >= 4 is 17.9 Å². The van der Waals surface area contributed by atoms with Gasteiger partial charge in [0.05, 0.1) is 5.56 Å². The Labute approximate surface area is 172 Å². The van der Waals surface area contributed by atoms with Crippen molar-refractivity contribution in [1.82, 2.24) is 20.5 Å². The number of fused-ring (bicyclic) bond motifs is 1. The van der Waals surface area contributed by atoms with E-state index in [1.807, 2.05) is 19.9 Å². The first kappa shape index (κ1) is 21.6. The third-order valence-corrected chi connectivity index (χ3v) is 6.38. The zero-order chi connectivity index (χ0) is 21.1. The fourth-order valence-electron chi connectivity index (χ4n) is 4.60. The van der Waals surface area contributed by atoms with E-state index in [1.54, 1.807) is 0 Å². The van der Waals surface area contributed by atoms with Gasteiger partial charge in [-0.25, -0.2) is 4.39 Å². The standard InChI is InChI=1S/C22H33FN4O2/c1-5-27(6-2)10-9-24-22(29)20-13(3)19(25-14(20)4)12-17-16-11-15(23)7-8-18(16)26-21(17)28/h12,15-16,18,25H,5-11H2,1-4H3,(H,24,29)(H,26,28)/b17-12-. The molecule has 0 bridgehead atoms. The first-order chi connectivity index (χ1) is 13.8. The lowest BCUT2D eigenvalue weighted by Crippen LogP contribution is -2.35. The molecule has 3 unspecified atom stereocenters. The Hall–Kier alpha value is -2.15. The van der Waals surface area contributed by atoms with Gasteiger partial charge in [0.1, 0.15) is 6.17 Å². The van der Waals surface area contributed by atoms with Crippen LogP contribution < -0.4 is 10.6 Å². The van der Waals surface area contributed by atoms with Crippen LogP contribution in [0.3, 0.4) is 0 Å². The third kappa shape index (κ3) is 4.55. The number of halogens is 1. The predicted molar refractivity (Wildman–Crippen MR) is 113 cm³/mol. The molecule has 6 nitrogen and oxygen atoms in total. The molecule has 1 aromatic heterocycles. The molecule has 1 aliphatic heterocycles. The van der Waals surface area contributed by atoms with E-state index < -0.39 is 6.17 Å². The number of aryl methyl sites for hydroxylation is 1. The number of likely N-dealkylation sites (N-methyl/N-ethyl adjacent to an activating group) is 1. The molecule has 7 heteroatoms. The van der Waals surface area contributed by atoms with Crippen molar-refractivity contribution in [3.63, 3.8) is 0 Å². The summed E-state index contributed by atoms with van der Waals surface area (Å²) in [5.41, 5.74) is 3.59. The third-order valence-electron chi connectivity index (χ3n) is 6.38. The molecule has 0 aromatic carbocycles. The largest absolute Gasteiger partial charge is 0.358 e. The van der Waals surface area contributed by atoms with Gasteiger partial charge >= 0.3 is 0 Å². The maximum absolute atomic E-state index is 13.9. The van der Waals surface area contributed by atoms with Gasteiger partial charge in [-0.15, -0.1) is 0 Å². The van der Waals surface area contributed by atoms with Gasteiger partial charge in [-0.3, -0.25) is 9.59 Å². The number of carbonyl (C=O) groups is 2. The molecule has 1 aliphatic carbocycles. The molecule has 1 saturated carbocycles. The molecule has 2 amide bonds. The number of H-pyrrole nitrogens is 1. The van der Waals surface area contributed by atoms with E-state index in [2.05, 4.69) is 34.4 Å². The molecule has 2 aliphatic rings. The average Bonchev–Trinajstić information content (AvgIpc) is 3.14. The normalized spacial score (nSPS) is 25.4. The van der Waals surface area contributed by atoms with E-state index in [0.29, 0.717) is 36.9 Å². The maximum atomic E-state index is 13.9. The van der Waals surface area contributed by atoms with Crippen LogP contribution in [0.2, 0.25) is 0 Å². The minimum Gasteiger partial charge on any atom is -0.358 e. The summed E-state index contributed by atoms with van der Waals surface area (Å²) in [5, 5.41) is 5.98. The number of aromatic nitrogens is 1. The number of alkyl halides is 1. The summed E-state index contributed by atoms with van der Waals surface area (Å²) in [6, 6.07) is 0.0277. The molecule has 3 atom stereocenters. The van der Waals surface area contributed by atoms with Crippen LogP contribution in [0.25, 0.3) is 6.08 Å². The second kappa shape index (κ2) is 9.11. The molecule has 0 spiro atoms. The first-order valence-electron chi connectivity index (χ1n) is 10.7. The van der Waals surface area contributed by atoms with E-state index in [-0.39, 0.29) is 23.8 Å². The number of aromatic amines is 1. The summed E-state index contributed by atoms with van der Waals surface area (Å²) in [7, 11) is 0. The summed E-state index contributed by atoms with van der Waals surface area (Å²) in [6.07, 6.45) is 2.52. The Balaban J connectivity index is 1.76. The van der Waals surface area contributed by atoms with Crippen LogP contribution in [0.5, 0.6) is 0 Å². The lowest BCUT2D eigenvalue weighted by atomic mass is 9.81. The number of carbonyl (C=O) groups excluding carboxylic acids is 2. The quantitative estimate of drug-likeness (QED) is 0.612. The van der Waals surface area contributed by atoms with Crippen LogP contribution in [-0.2, 0) is 4.79 Å². The Morgan fingerprint density at radius 3 is 2.69 bits per heavy atom. The highest BCUT2D eigenvalue weighted by Crippen LogP contribution is 2.37. The molecule has 1 saturated heterocycles. The number of nitrogens with zero attached hydrogens (tertiary/aromatic N) is 1. The summed E-state index contributed by atoms with van der Waals surface area (Å²) in [6.45, 7) is 11.3. The number of hydrogen-bond donors (Lipinski definition) is 3. The minimum absolute atomic E-state index is 0.0277. The maximum Gasteiger partial charge on any atom is 0.253 e. The fourth-order valence-corrected chi connectivity index (χ4v) is 4.60. The minimum atomic E-state index is -0.856. The van der Waals surface area contributed by atoms with Gasteiger partial charge in [-0.2, -0.15) is 0 Å². The Kier molecular flexibility index (Phi) is 6.77. The number of nitrogens with one attached hydrogen (secondary N) is 3. The second-order valence-corrected chi connectivity index (χ2v) is 8.14. The molecule has 2 heterocycles. The number of rotatable bonds is 7. The van der Waals surface area contributed by atoms with Crippen LogP contribution in [-0.4, -0.2) is 60.1 Å². The lowest BCUT2D eigenvalue weighted by Gasteiger charge is -2.26. The molecular formula is C22H33FN4O2. The van der Waals surface area contributed by atoms with Crippen molar-refractivity contribution in [2.24, 2.45) is 5.92 Å². The van der Waals surface area contributed by atoms with Gasteiger partial charge in [0.15, 0.2) is 0 Å². The van der Waals surface area contributed by atoms with E-state index in [1.165, 1.54) is 0 Å². The topological polar surface area (TPSA) is 77.2 Å². The van der Waals surface area contributed by atoms with Gasteiger partial charge in [0.2, 0.25) is 5.91 Å². The zero-order valence-electron chi connectivity index (χ0n) is 17.9. The summed E-state index contributed by atoms with van der Waals surface area (Å²) < 4.78 is 13.9. The van der Waals surface area contributed by atoms with Crippen molar-refractivity contribution < 1.29 is 14.0 Å². The van der Waals surface area contributed by atoms with Crippen LogP contribution >= 0.6 is 0 Å². The van der Waals surface area contributed by atoms with Gasteiger partial charge in [0.25, 0.3) is 5.91 Å². The lowest BCUT2D eigenvalue weighted by molar-refractivity contribution is -0.116. The first-order valence-corrected chi connectivity index (χ1v) is 10.7. The van der Waals surface area contributed by atoms with Gasteiger partial charge < -0.3 is 20.5 Å². The second-order valence-electron chi connectivity index (χ2n) is 8.14. The van der Waals surface area contributed by atoms with Crippen molar-refractivity contribution in [3.05, 3.63) is 28.1 Å². The SMILES string of the molecule is CCN(CC)CCNC(=O)c1c(C)[nH]c(/C=C2\C(=O)NC3CCC(F)CC23)c1C. The van der Waals surface area contributed by atoms with Crippen molar-refractivity contribution in [2.75, 3.05) is 26.2 Å². The van der Waals surface area contributed by atoms with Crippen LogP contribution in [0.1, 0.15) is 60.4 Å². The molecule has 0 radical (unpaired) electrons. The van der Waals surface area contributed by atoms with E-state index in [9.17, 15) is 14.0 Å². The summed E-state index contributed by atoms with van der Waals surface area (Å²) in [4.78, 5) is 30.7. The highest BCUT2D eigenvalue weighted by Gasteiger charge is 2.41. The Morgan fingerprint density at radius 1 is 1.28 bits per heavy atom. The van der Waals surface area contributed by atoms with Crippen molar-refractivity contribution in [1.29, 1.82) is 0 Å². The molecule has 29 heavy (non-hydrogen) atoms. The Morgan fingerprint density at radius 2 is 2.00 bits per heavy atom. The van der Waals surface area contributed by atoms with Crippen LogP contribution in [0.4, 0.5) is 4.39 Å². The molecule has 3 N–H and O–H groups in total. The zero-order valence-corrected chi connectivity index (χ0v) is 17.9. The highest BCUT2D eigenvalue weighted by atomic mass is 19.1. The van der Waals surface area contributed by atoms with E-state index in [0.717, 1.165) is 36.6 Å². The number of hydrogen-bond acceptors (Lipinski definition) is 3. The molecular weight excluding hydrogens is 371 g/mol. The predicted octanol–water partition coefficient (Wildman–Crippen LogP) is 2.72. The van der Waals surface area contributed by atoms with Gasteiger partial charge in [-0.05, 0) is 57.8 Å². The molecule has 3 rings (SSSR count).